The fraction of sp³-hybridized carbons (Fsp3) is 0.600. The van der Waals surface area contributed by atoms with Crippen LogP contribution < -0.4 is 48.3 Å². The third-order valence-electron chi connectivity index (χ3n) is 14.1. The van der Waals surface area contributed by atoms with Crippen molar-refractivity contribution in [3.8, 4) is 5.75 Å². The number of aliphatic hydroxyl groups excluding tert-OH is 2. The molecule has 0 bridgehead atoms. The van der Waals surface area contributed by atoms with Crippen molar-refractivity contribution in [2.45, 2.75) is 174 Å². The zero-order chi connectivity index (χ0) is 59.4. The Labute approximate surface area is 461 Å². The Kier molecular flexibility index (Phi) is 26.3. The number of rotatable bonds is 30. The lowest BCUT2D eigenvalue weighted by atomic mass is 9.94. The summed E-state index contributed by atoms with van der Waals surface area (Å²) in [5.74, 6) is -10.4. The van der Waals surface area contributed by atoms with E-state index in [-0.39, 0.29) is 37.5 Å². The van der Waals surface area contributed by atoms with E-state index in [2.05, 4.69) is 42.5 Å². The number of amides is 9. The van der Waals surface area contributed by atoms with Gasteiger partial charge in [0.15, 0.2) is 0 Å². The standard InChI is InChI=1S/C55H84N10O14/c1-11-30(7)43(61-49(72)42(29(5)6)60-40(69)27-57-48(71)41(56)28(3)4)50(73)62-44(31(8)12-2)51(74)63-46(33(10)67)53(76)64-45(32(9)66)52(75)58-37(25-34-17-14-13-15-18-34)54(77)65-24-16-19-39(65)47(70)59-38(55(78)79)26-35-20-22-36(68)23-21-35/h13-15,17-18,20-23,28-33,37-39,41-46,66-68H,11-12,16,19,24-27,56H2,1-10H3,(H,57,71)(H,58,75)(H,59,70)(H,60,69)(H,61,72)(H,62,73)(H,63,74)(H,64,76)(H,78,79)/t30-,31-,32+,33+,37-,38-,39-,41-,42-,43-,44-,45-,46-/m0/s1. The van der Waals surface area contributed by atoms with Crippen LogP contribution >= 0.6 is 0 Å². The average Bonchev–Trinajstić information content (AvgIpc) is 3.90. The number of phenols is 1. The van der Waals surface area contributed by atoms with E-state index in [0.717, 1.165) is 0 Å². The predicted octanol–water partition coefficient (Wildman–Crippen LogP) is -0.744. The van der Waals surface area contributed by atoms with Gasteiger partial charge in [0.25, 0.3) is 0 Å². The molecule has 0 unspecified atom stereocenters. The zero-order valence-electron chi connectivity index (χ0n) is 46.9. The van der Waals surface area contributed by atoms with Crippen molar-refractivity contribution < 1.29 is 68.4 Å². The molecule has 2 aromatic carbocycles. The molecule has 438 valence electrons. The lowest BCUT2D eigenvalue weighted by molar-refractivity contribution is -0.145. The van der Waals surface area contributed by atoms with Gasteiger partial charge in [0.05, 0.1) is 24.8 Å². The summed E-state index contributed by atoms with van der Waals surface area (Å²) < 4.78 is 0. The molecule has 1 saturated heterocycles. The maximum absolute atomic E-state index is 14.5. The fourth-order valence-electron chi connectivity index (χ4n) is 8.68. The third kappa shape index (κ3) is 19.9. The van der Waals surface area contributed by atoms with Crippen LogP contribution in [0.2, 0.25) is 0 Å². The quantitative estimate of drug-likeness (QED) is 0.0458. The molecule has 2 aromatic rings. The molecule has 1 aliphatic rings. The maximum atomic E-state index is 14.5. The minimum absolute atomic E-state index is 0.0296. The molecule has 3 rings (SSSR count). The van der Waals surface area contributed by atoms with Crippen LogP contribution in [0, 0.1) is 23.7 Å². The van der Waals surface area contributed by atoms with Crippen LogP contribution in [0.1, 0.15) is 106 Å². The molecule has 0 aromatic heterocycles. The molecule has 24 nitrogen and oxygen atoms in total. The molecule has 14 N–H and O–H groups in total. The molecule has 24 heteroatoms. The lowest BCUT2D eigenvalue weighted by Gasteiger charge is -2.32. The van der Waals surface area contributed by atoms with Crippen molar-refractivity contribution in [2.24, 2.45) is 29.4 Å². The van der Waals surface area contributed by atoms with Gasteiger partial charge in [-0.05, 0) is 73.6 Å². The molecule has 1 heterocycles. The van der Waals surface area contributed by atoms with E-state index in [4.69, 9.17) is 5.73 Å². The van der Waals surface area contributed by atoms with Gasteiger partial charge in [-0.1, -0.05) is 111 Å². The molecule has 0 radical (unpaired) electrons. The number of aliphatic carboxylic acids is 1. The van der Waals surface area contributed by atoms with Gasteiger partial charge in [0, 0.05) is 19.4 Å². The topological polar surface area (TPSA) is 377 Å². The van der Waals surface area contributed by atoms with Crippen LogP contribution in [0.25, 0.3) is 0 Å². The van der Waals surface area contributed by atoms with Crippen molar-refractivity contribution in [3.05, 3.63) is 65.7 Å². The number of aromatic hydroxyl groups is 1. The fourth-order valence-corrected chi connectivity index (χ4v) is 8.68. The van der Waals surface area contributed by atoms with Gasteiger partial charge in [0.1, 0.15) is 54.1 Å². The van der Waals surface area contributed by atoms with E-state index in [1.807, 2.05) is 0 Å². The van der Waals surface area contributed by atoms with Gasteiger partial charge in [-0.2, -0.15) is 0 Å². The number of carbonyl (C=O) groups is 10. The second kappa shape index (κ2) is 31.4. The van der Waals surface area contributed by atoms with Gasteiger partial charge < -0.3 is 73.6 Å². The highest BCUT2D eigenvalue weighted by Crippen LogP contribution is 2.22. The van der Waals surface area contributed by atoms with Crippen molar-refractivity contribution >= 4 is 59.1 Å². The number of benzene rings is 2. The summed E-state index contributed by atoms with van der Waals surface area (Å²) in [6.45, 7) is 15.7. The minimum Gasteiger partial charge on any atom is -0.508 e. The Balaban J connectivity index is 1.82. The number of phenolic OH excluding ortho intramolecular Hbond substituents is 1. The first-order valence-corrected chi connectivity index (χ1v) is 27.0. The molecule has 0 aliphatic carbocycles. The van der Waals surface area contributed by atoms with E-state index in [1.165, 1.54) is 43.0 Å². The highest BCUT2D eigenvalue weighted by Gasteiger charge is 2.42. The number of nitrogens with one attached hydrogen (secondary N) is 8. The maximum Gasteiger partial charge on any atom is 0.326 e. The van der Waals surface area contributed by atoms with Crippen molar-refractivity contribution in [1.82, 2.24) is 47.4 Å². The Morgan fingerprint density at radius 2 is 1.03 bits per heavy atom. The van der Waals surface area contributed by atoms with Gasteiger partial charge in [-0.3, -0.25) is 43.2 Å². The summed E-state index contributed by atoms with van der Waals surface area (Å²) in [5.41, 5.74) is 6.98. The Hall–Kier alpha value is -7.18. The number of nitrogens with zero attached hydrogens (tertiary/aromatic N) is 1. The largest absolute Gasteiger partial charge is 0.508 e. The van der Waals surface area contributed by atoms with E-state index in [9.17, 15) is 68.4 Å². The number of hydrogen-bond donors (Lipinski definition) is 13. The summed E-state index contributed by atoms with van der Waals surface area (Å²) in [5, 5.41) is 62.0. The van der Waals surface area contributed by atoms with Crippen molar-refractivity contribution in [1.29, 1.82) is 0 Å². The van der Waals surface area contributed by atoms with Gasteiger partial charge in [-0.15, -0.1) is 0 Å². The second-order valence-electron chi connectivity index (χ2n) is 21.2. The summed E-state index contributed by atoms with van der Waals surface area (Å²) in [4.78, 5) is 137. The van der Waals surface area contributed by atoms with Crippen molar-refractivity contribution in [2.75, 3.05) is 13.1 Å². The molecule has 1 fully saturated rings. The van der Waals surface area contributed by atoms with Crippen LogP contribution in [0.5, 0.6) is 5.75 Å². The monoisotopic (exact) mass is 1110 g/mol. The number of nitrogens with two attached hydrogens (primary N) is 1. The molecule has 13 atom stereocenters. The van der Waals surface area contributed by atoms with Crippen LogP contribution in [-0.4, -0.2) is 164 Å². The molecule has 0 spiro atoms. The molecule has 9 amide bonds. The number of carboxylic acid groups (broad SMARTS) is 1. The number of hydrogen-bond acceptors (Lipinski definition) is 14. The molecule has 79 heavy (non-hydrogen) atoms. The van der Waals surface area contributed by atoms with Crippen LogP contribution in [-0.2, 0) is 60.8 Å². The zero-order valence-corrected chi connectivity index (χ0v) is 46.9. The number of likely N-dealkylation sites (tertiary alicyclic amines) is 1. The highest BCUT2D eigenvalue weighted by atomic mass is 16.4. The molecular formula is C55H84N10O14. The van der Waals surface area contributed by atoms with Gasteiger partial charge >= 0.3 is 5.97 Å². The summed E-state index contributed by atoms with van der Waals surface area (Å²) in [6, 6.07) is 2.23. The number of carboxylic acids is 1. The van der Waals surface area contributed by atoms with Crippen LogP contribution in [0.15, 0.2) is 54.6 Å². The molecule has 0 saturated carbocycles. The van der Waals surface area contributed by atoms with Gasteiger partial charge in [-0.25, -0.2) is 4.79 Å². The summed E-state index contributed by atoms with van der Waals surface area (Å²) in [6.07, 6.45) is -2.26. The smallest absolute Gasteiger partial charge is 0.326 e. The van der Waals surface area contributed by atoms with Crippen LogP contribution in [0.3, 0.4) is 0 Å². The van der Waals surface area contributed by atoms with Crippen molar-refractivity contribution in [3.63, 3.8) is 0 Å². The minimum atomic E-state index is -1.79. The predicted molar refractivity (Wildman–Crippen MR) is 291 cm³/mol. The Bertz CT molecular complexity index is 2410. The Morgan fingerprint density at radius 3 is 1.49 bits per heavy atom. The van der Waals surface area contributed by atoms with Crippen LogP contribution in [0.4, 0.5) is 0 Å². The van der Waals surface area contributed by atoms with E-state index < -0.39 is 150 Å². The normalized spacial score (nSPS) is 17.9. The van der Waals surface area contributed by atoms with E-state index in [1.54, 1.807) is 85.7 Å². The first-order chi connectivity index (χ1) is 37.1. The number of carbonyl (C=O) groups excluding carboxylic acids is 9. The lowest BCUT2D eigenvalue weighted by Crippen LogP contribution is -2.64. The van der Waals surface area contributed by atoms with E-state index >= 15 is 0 Å². The van der Waals surface area contributed by atoms with Gasteiger partial charge in [0.2, 0.25) is 53.2 Å². The SMILES string of the molecule is CC[C@H](C)[C@H](NC(=O)[C@@H](NC(=O)CNC(=O)[C@@H](N)C(C)C)C(C)C)C(=O)N[C@H](C(=O)N[C@H](C(=O)N[C@H](C(=O)N[C@@H](Cc1ccccc1)C(=O)N1CCC[C@H]1C(=O)N[C@@H](Cc1ccc(O)cc1)C(=O)O)[C@@H](C)O)[C@@H](C)O)[C@@H](C)CC. The third-order valence-corrected chi connectivity index (χ3v) is 14.1. The second-order valence-corrected chi connectivity index (χ2v) is 21.2. The Morgan fingerprint density at radius 1 is 0.570 bits per heavy atom. The molecular weight excluding hydrogens is 1020 g/mol. The highest BCUT2D eigenvalue weighted by molar-refractivity contribution is 5.99. The first kappa shape index (κ1) is 66.1. The number of aliphatic hydroxyl groups is 2. The first-order valence-electron chi connectivity index (χ1n) is 27.0. The average molecular weight is 1110 g/mol. The van der Waals surface area contributed by atoms with E-state index in [0.29, 0.717) is 30.4 Å². The summed E-state index contributed by atoms with van der Waals surface area (Å²) >= 11 is 0. The summed E-state index contributed by atoms with van der Waals surface area (Å²) in [7, 11) is 0. The molecule has 1 aliphatic heterocycles.